The first kappa shape index (κ1) is 39.6. The van der Waals surface area contributed by atoms with Gasteiger partial charge in [-0.3, -0.25) is 0 Å². The maximum absolute atomic E-state index is 13.3. The smallest absolute Gasteiger partial charge is 0.426 e. The molecule has 19 heteroatoms. The van der Waals surface area contributed by atoms with Gasteiger partial charge in [0.1, 0.15) is 58.9 Å². The molecule has 2 aliphatic heterocycles. The number of imide groups is 1. The Balaban J connectivity index is 1.15. The summed E-state index contributed by atoms with van der Waals surface area (Å²) in [5, 5.41) is 28.6. The maximum Gasteiger partial charge on any atom is 0.426 e. The second-order valence-electron chi connectivity index (χ2n) is 16.0. The van der Waals surface area contributed by atoms with E-state index < -0.39 is 60.1 Å². The lowest BCUT2D eigenvalue weighted by Gasteiger charge is -2.47. The number of hydrogen-bond acceptors (Lipinski definition) is 16. The fourth-order valence-electron chi connectivity index (χ4n) is 6.75. The van der Waals surface area contributed by atoms with Crippen LogP contribution in [0.25, 0.3) is 27.3 Å². The first-order valence-electron chi connectivity index (χ1n) is 18.6. The van der Waals surface area contributed by atoms with Crippen LogP contribution in [0.15, 0.2) is 60.1 Å². The van der Waals surface area contributed by atoms with Gasteiger partial charge in [-0.05, 0) is 73.6 Å². The molecule has 0 aliphatic carbocycles. The molecule has 2 aromatic carbocycles. The van der Waals surface area contributed by atoms with E-state index in [1.165, 1.54) is 4.68 Å². The van der Waals surface area contributed by atoms with Gasteiger partial charge >= 0.3 is 12.2 Å². The number of rotatable bonds is 6. The number of fused-ring (bicyclic) bond motifs is 2. The van der Waals surface area contributed by atoms with E-state index in [9.17, 15) is 14.7 Å². The van der Waals surface area contributed by atoms with Crippen molar-refractivity contribution < 1.29 is 38.4 Å². The summed E-state index contributed by atoms with van der Waals surface area (Å²) in [5.41, 5.74) is 1.24. The van der Waals surface area contributed by atoms with Gasteiger partial charge < -0.3 is 28.8 Å². The van der Waals surface area contributed by atoms with Gasteiger partial charge in [0.05, 0.1) is 33.7 Å². The Morgan fingerprint density at radius 1 is 0.931 bits per heavy atom. The second kappa shape index (κ2) is 15.2. The van der Waals surface area contributed by atoms with Crippen LogP contribution in [0.1, 0.15) is 82.2 Å². The van der Waals surface area contributed by atoms with Crippen molar-refractivity contribution in [1.82, 2.24) is 39.7 Å². The topological polar surface area (TPSA) is 191 Å². The molecule has 4 aromatic heterocycles. The SMILES string of the molecule is Cc1nc([C@@H]2OC3COC(c4ccccc4)O[C@@H]3C(n3cc(-c4csc(N(C(=O)OC(C)(C)C)C(=O)OC(C)(C)C)n4)nn3)C2O)n(-c2ccc3nc(C)sc3c2)n1. The Morgan fingerprint density at radius 3 is 2.36 bits per heavy atom. The third-order valence-corrected chi connectivity index (χ3v) is 10.8. The fourth-order valence-corrected chi connectivity index (χ4v) is 8.40. The second-order valence-corrected chi connectivity index (χ2v) is 18.0. The van der Waals surface area contributed by atoms with Crippen molar-refractivity contribution in [3.63, 3.8) is 0 Å². The van der Waals surface area contributed by atoms with Crippen LogP contribution in [0.2, 0.25) is 0 Å². The van der Waals surface area contributed by atoms with E-state index in [1.807, 2.05) is 55.5 Å². The van der Waals surface area contributed by atoms with Gasteiger partial charge in [-0.1, -0.05) is 35.5 Å². The Bertz CT molecular complexity index is 2420. The number of aliphatic hydroxyl groups excluding tert-OH is 1. The highest BCUT2D eigenvalue weighted by Gasteiger charge is 2.52. The van der Waals surface area contributed by atoms with E-state index in [0.29, 0.717) is 23.0 Å². The molecule has 1 N–H and O–H groups in total. The van der Waals surface area contributed by atoms with Crippen LogP contribution in [0.3, 0.4) is 0 Å². The van der Waals surface area contributed by atoms with Crippen LogP contribution < -0.4 is 4.90 Å². The normalized spacial score (nSPS) is 22.4. The lowest BCUT2D eigenvalue weighted by Crippen LogP contribution is -2.57. The van der Waals surface area contributed by atoms with Crippen LogP contribution in [-0.2, 0) is 23.7 Å². The lowest BCUT2D eigenvalue weighted by molar-refractivity contribution is -0.319. The monoisotopic (exact) mass is 829 g/mol. The molecule has 2 saturated heterocycles. The average Bonchev–Trinajstić information content (AvgIpc) is 3.96. The van der Waals surface area contributed by atoms with E-state index in [-0.39, 0.29) is 11.7 Å². The number of anilines is 1. The fraction of sp³-hybridized carbons (Fsp3) is 0.436. The minimum atomic E-state index is -1.28. The molecule has 2 fully saturated rings. The first-order chi connectivity index (χ1) is 27.5. The highest BCUT2D eigenvalue weighted by atomic mass is 32.1. The molecule has 2 aliphatic rings. The first-order valence-corrected chi connectivity index (χ1v) is 20.3. The number of hydrogen-bond donors (Lipinski definition) is 1. The molecule has 0 spiro atoms. The van der Waals surface area contributed by atoms with Gasteiger partial charge in [-0.15, -0.1) is 27.8 Å². The lowest BCUT2D eigenvalue weighted by atomic mass is 9.91. The molecular formula is C39H43N9O8S2. The molecule has 58 heavy (non-hydrogen) atoms. The molecule has 17 nitrogen and oxygen atoms in total. The van der Waals surface area contributed by atoms with E-state index in [2.05, 4.69) is 20.3 Å². The summed E-state index contributed by atoms with van der Waals surface area (Å²) in [7, 11) is 0. The van der Waals surface area contributed by atoms with E-state index in [0.717, 1.165) is 42.7 Å². The zero-order valence-electron chi connectivity index (χ0n) is 33.1. The number of amides is 2. The van der Waals surface area contributed by atoms with Crippen LogP contribution in [-0.4, -0.2) is 93.1 Å². The Hall–Kier alpha value is -5.18. The van der Waals surface area contributed by atoms with Gasteiger partial charge in [-0.2, -0.15) is 10.00 Å². The predicted octanol–water partition coefficient (Wildman–Crippen LogP) is 7.04. The zero-order valence-corrected chi connectivity index (χ0v) is 34.7. The van der Waals surface area contributed by atoms with Crippen LogP contribution >= 0.6 is 22.7 Å². The molecule has 0 radical (unpaired) electrons. The minimum absolute atomic E-state index is 0.0131. The van der Waals surface area contributed by atoms with E-state index in [1.54, 1.807) is 76.1 Å². The Morgan fingerprint density at radius 2 is 1.66 bits per heavy atom. The number of thiazole rings is 2. The quantitative estimate of drug-likeness (QED) is 0.180. The molecule has 304 valence electrons. The number of carbonyl (C=O) groups is 2. The summed E-state index contributed by atoms with van der Waals surface area (Å²) in [5.74, 6) is 0.868. The number of nitrogens with zero attached hydrogens (tertiary/aromatic N) is 9. The third kappa shape index (κ3) is 8.10. The maximum atomic E-state index is 13.3. The third-order valence-electron chi connectivity index (χ3n) is 9.08. The van der Waals surface area contributed by atoms with Gasteiger partial charge in [0.25, 0.3) is 0 Å². The summed E-state index contributed by atoms with van der Waals surface area (Å²) in [6.45, 7) is 14.1. The number of aryl methyl sites for hydroxylation is 2. The Kier molecular flexibility index (Phi) is 10.4. The molecule has 0 bridgehead atoms. The zero-order chi connectivity index (χ0) is 41.1. The van der Waals surface area contributed by atoms with Crippen molar-refractivity contribution in [2.45, 2.75) is 103 Å². The number of benzene rings is 2. The predicted molar refractivity (Wildman–Crippen MR) is 213 cm³/mol. The molecule has 6 heterocycles. The van der Waals surface area contributed by atoms with Gasteiger partial charge in [-0.25, -0.2) is 33.9 Å². The molecule has 6 atom stereocenters. The van der Waals surface area contributed by atoms with Crippen LogP contribution in [0, 0.1) is 13.8 Å². The average molecular weight is 830 g/mol. The molecular weight excluding hydrogens is 787 g/mol. The molecule has 0 saturated carbocycles. The highest BCUT2D eigenvalue weighted by Crippen LogP contribution is 2.44. The number of ether oxygens (including phenoxy) is 5. The van der Waals surface area contributed by atoms with Crippen molar-refractivity contribution >= 4 is 50.2 Å². The highest BCUT2D eigenvalue weighted by molar-refractivity contribution is 7.18. The van der Waals surface area contributed by atoms with Crippen molar-refractivity contribution in [3.8, 4) is 17.1 Å². The summed E-state index contributed by atoms with van der Waals surface area (Å²) in [6.07, 6.45) is -4.69. The van der Waals surface area contributed by atoms with Crippen molar-refractivity contribution in [2.75, 3.05) is 11.5 Å². The van der Waals surface area contributed by atoms with Gasteiger partial charge in [0, 0.05) is 10.9 Å². The van der Waals surface area contributed by atoms with Crippen molar-refractivity contribution in [2.24, 2.45) is 0 Å². The summed E-state index contributed by atoms with van der Waals surface area (Å²) in [6, 6.07) is 14.5. The number of aromatic nitrogens is 8. The minimum Gasteiger partial charge on any atom is -0.443 e. The number of aliphatic hydroxyl groups is 1. The summed E-state index contributed by atoms with van der Waals surface area (Å²) in [4.78, 5) is 41.3. The van der Waals surface area contributed by atoms with E-state index in [4.69, 9.17) is 33.8 Å². The van der Waals surface area contributed by atoms with Gasteiger partial charge in [0.15, 0.2) is 12.1 Å². The van der Waals surface area contributed by atoms with Crippen molar-refractivity contribution in [3.05, 3.63) is 82.3 Å². The standard InChI is InChI=1S/C39H43N9O8S2/c1-20-40-33(48(44-20)23-14-15-24-28(16-23)58-21(2)41-24)32-30(49)29(31-27(53-32)18-52-34(54-31)22-12-10-9-11-13-22)46-17-25(43-45-46)26-19-57-35(42-26)47(36(50)55-38(3,4)5)37(51)56-39(6,7)8/h9-17,19,27,29-32,34,49H,18H2,1-8H3/t27?,29?,30?,31-,32+,34?/m0/s1. The molecule has 8 rings (SSSR count). The van der Waals surface area contributed by atoms with Crippen molar-refractivity contribution in [1.29, 1.82) is 0 Å². The van der Waals surface area contributed by atoms with Gasteiger partial charge in [0.2, 0.25) is 5.13 Å². The molecule has 4 unspecified atom stereocenters. The Labute approximate surface area is 341 Å². The van der Waals surface area contributed by atoms with Crippen LogP contribution in [0.4, 0.5) is 14.7 Å². The largest absolute Gasteiger partial charge is 0.443 e. The van der Waals surface area contributed by atoms with E-state index >= 15 is 0 Å². The summed E-state index contributed by atoms with van der Waals surface area (Å²) < 4.78 is 34.7. The number of carbonyl (C=O) groups excluding carboxylic acids is 2. The molecule has 2 amide bonds. The van der Waals surface area contributed by atoms with Crippen LogP contribution in [0.5, 0.6) is 0 Å². The molecule has 6 aromatic rings. The summed E-state index contributed by atoms with van der Waals surface area (Å²) >= 11 is 2.60.